The molecule has 0 saturated heterocycles. The van der Waals surface area contributed by atoms with Crippen molar-refractivity contribution in [3.63, 3.8) is 0 Å². The van der Waals surface area contributed by atoms with Crippen molar-refractivity contribution in [3.05, 3.63) is 0 Å². The zero-order valence-electron chi connectivity index (χ0n) is 14.0. The van der Waals surface area contributed by atoms with Crippen LogP contribution in [-0.4, -0.2) is 78.4 Å². The predicted octanol–water partition coefficient (Wildman–Crippen LogP) is 0.581. The highest BCUT2D eigenvalue weighted by Gasteiger charge is 2.36. The van der Waals surface area contributed by atoms with Crippen molar-refractivity contribution in [1.29, 1.82) is 0 Å². The van der Waals surface area contributed by atoms with Gasteiger partial charge in [-0.2, -0.15) is 0 Å². The highest BCUT2D eigenvalue weighted by molar-refractivity contribution is 6.60. The summed E-state index contributed by atoms with van der Waals surface area (Å²) in [5, 5.41) is 0. The van der Waals surface area contributed by atoms with Gasteiger partial charge in [-0.3, -0.25) is 14.5 Å². The number of carbonyl (C=O) groups is 2. The molecule has 0 atom stereocenters. The average molecular weight is 320 g/mol. The van der Waals surface area contributed by atoms with Gasteiger partial charge in [-0.05, 0) is 20.0 Å². The first-order valence-electron chi connectivity index (χ1n) is 6.94. The van der Waals surface area contributed by atoms with E-state index >= 15 is 0 Å². The van der Waals surface area contributed by atoms with E-state index in [1.165, 1.54) is 18.7 Å². The van der Waals surface area contributed by atoms with Crippen LogP contribution in [0, 0.1) is 0 Å². The average Bonchev–Trinajstić information content (AvgIpc) is 2.43. The van der Waals surface area contributed by atoms with E-state index in [-0.39, 0.29) is 11.8 Å². The standard InChI is InChI=1S/C13H28N2O5Si/c1-12(16)15(13(2)17)10-9-14(3)8-7-11-21(18-4,19-5)20-6/h7-11H2,1-6H3. The van der Waals surface area contributed by atoms with Crippen molar-refractivity contribution < 1.29 is 22.9 Å². The molecule has 0 radical (unpaired) electrons. The zero-order valence-corrected chi connectivity index (χ0v) is 15.0. The summed E-state index contributed by atoms with van der Waals surface area (Å²) in [4.78, 5) is 25.9. The van der Waals surface area contributed by atoms with E-state index in [4.69, 9.17) is 13.3 Å². The lowest BCUT2D eigenvalue weighted by molar-refractivity contribution is -0.142. The van der Waals surface area contributed by atoms with E-state index in [1.807, 2.05) is 7.05 Å². The lowest BCUT2D eigenvalue weighted by atomic mass is 10.4. The summed E-state index contributed by atoms with van der Waals surface area (Å²) in [6.07, 6.45) is 0.860. The van der Waals surface area contributed by atoms with Crippen LogP contribution in [0.3, 0.4) is 0 Å². The molecule has 21 heavy (non-hydrogen) atoms. The molecule has 0 aromatic carbocycles. The Labute approximate surface area is 128 Å². The summed E-state index contributed by atoms with van der Waals surface area (Å²) < 4.78 is 16.1. The molecule has 0 unspecified atom stereocenters. The Balaban J connectivity index is 4.13. The molecule has 0 aromatic heterocycles. The second kappa shape index (κ2) is 10.0. The van der Waals surface area contributed by atoms with Crippen molar-refractivity contribution in [3.8, 4) is 0 Å². The van der Waals surface area contributed by atoms with Crippen LogP contribution in [-0.2, 0) is 22.9 Å². The molecule has 0 aliphatic heterocycles. The van der Waals surface area contributed by atoms with Crippen LogP contribution >= 0.6 is 0 Å². The Hall–Kier alpha value is -0.803. The van der Waals surface area contributed by atoms with Crippen LogP contribution in [0.2, 0.25) is 6.04 Å². The monoisotopic (exact) mass is 320 g/mol. The third-order valence-electron chi connectivity index (χ3n) is 3.42. The smallest absolute Gasteiger partial charge is 0.377 e. The molecule has 0 spiro atoms. The maximum absolute atomic E-state index is 11.3. The second-order valence-corrected chi connectivity index (χ2v) is 7.98. The summed E-state index contributed by atoms with van der Waals surface area (Å²) in [6.45, 7) is 4.66. The largest absolute Gasteiger partial charge is 0.500 e. The molecule has 0 fully saturated rings. The minimum Gasteiger partial charge on any atom is -0.377 e. The molecule has 8 heteroatoms. The molecule has 0 saturated carbocycles. The molecular weight excluding hydrogens is 292 g/mol. The van der Waals surface area contributed by atoms with E-state index in [9.17, 15) is 9.59 Å². The minimum absolute atomic E-state index is 0.222. The lowest BCUT2D eigenvalue weighted by Gasteiger charge is -2.26. The first-order valence-corrected chi connectivity index (χ1v) is 8.87. The molecule has 0 aromatic rings. The van der Waals surface area contributed by atoms with Gasteiger partial charge in [0.05, 0.1) is 0 Å². The van der Waals surface area contributed by atoms with Gasteiger partial charge in [-0.25, -0.2) is 0 Å². The van der Waals surface area contributed by atoms with Crippen LogP contribution in [0.5, 0.6) is 0 Å². The first kappa shape index (κ1) is 20.2. The van der Waals surface area contributed by atoms with E-state index in [0.717, 1.165) is 19.0 Å². The fourth-order valence-electron chi connectivity index (χ4n) is 2.04. The Morgan fingerprint density at radius 1 is 0.905 bits per heavy atom. The van der Waals surface area contributed by atoms with Crippen molar-refractivity contribution in [2.45, 2.75) is 26.3 Å². The Morgan fingerprint density at radius 2 is 1.38 bits per heavy atom. The number of nitrogens with zero attached hydrogens (tertiary/aromatic N) is 2. The van der Waals surface area contributed by atoms with Gasteiger partial charge in [0, 0.05) is 54.3 Å². The number of carbonyl (C=O) groups excluding carboxylic acids is 2. The number of amides is 2. The number of hydrogen-bond donors (Lipinski definition) is 0. The third kappa shape index (κ3) is 7.14. The van der Waals surface area contributed by atoms with Crippen molar-refractivity contribution >= 4 is 20.6 Å². The number of likely N-dealkylation sites (N-methyl/N-ethyl adjacent to an activating group) is 1. The molecular formula is C13H28N2O5Si. The minimum atomic E-state index is -2.51. The molecule has 0 aliphatic carbocycles. The quantitative estimate of drug-likeness (QED) is 0.549. The van der Waals surface area contributed by atoms with Crippen molar-refractivity contribution in [1.82, 2.24) is 9.80 Å². The SMILES string of the molecule is CO[Si](CCCN(C)CCN(C(C)=O)C(C)=O)(OC)OC. The number of hydrogen-bond acceptors (Lipinski definition) is 6. The molecule has 0 rings (SSSR count). The second-order valence-electron chi connectivity index (χ2n) is 4.89. The van der Waals surface area contributed by atoms with Gasteiger partial charge in [-0.1, -0.05) is 0 Å². The van der Waals surface area contributed by atoms with Gasteiger partial charge in [0.1, 0.15) is 0 Å². The summed E-state index contributed by atoms with van der Waals surface area (Å²) in [7, 11) is 4.24. The maximum Gasteiger partial charge on any atom is 0.500 e. The normalized spacial score (nSPS) is 11.8. The molecule has 0 heterocycles. The van der Waals surface area contributed by atoms with Crippen LogP contribution < -0.4 is 0 Å². The highest BCUT2D eigenvalue weighted by atomic mass is 28.4. The van der Waals surface area contributed by atoms with Crippen LogP contribution in [0.4, 0.5) is 0 Å². The van der Waals surface area contributed by atoms with E-state index in [1.54, 1.807) is 21.3 Å². The zero-order chi connectivity index (χ0) is 16.5. The van der Waals surface area contributed by atoms with Gasteiger partial charge < -0.3 is 18.2 Å². The van der Waals surface area contributed by atoms with E-state index < -0.39 is 8.80 Å². The van der Waals surface area contributed by atoms with Gasteiger partial charge in [0.15, 0.2) is 0 Å². The molecule has 2 amide bonds. The summed E-state index contributed by atoms with van der Waals surface area (Å²) in [6, 6.07) is 0.726. The van der Waals surface area contributed by atoms with E-state index in [0.29, 0.717) is 13.1 Å². The lowest BCUT2D eigenvalue weighted by Crippen LogP contribution is -2.43. The molecule has 7 nitrogen and oxygen atoms in total. The molecule has 0 aliphatic rings. The van der Waals surface area contributed by atoms with Gasteiger partial charge in [-0.15, -0.1) is 0 Å². The first-order chi connectivity index (χ1) is 9.81. The highest BCUT2D eigenvalue weighted by Crippen LogP contribution is 2.15. The molecule has 124 valence electrons. The molecule has 0 bridgehead atoms. The van der Waals surface area contributed by atoms with E-state index in [2.05, 4.69) is 4.90 Å². The fraction of sp³-hybridized carbons (Fsp3) is 0.846. The summed E-state index contributed by atoms with van der Waals surface area (Å²) in [5.74, 6) is -0.444. The van der Waals surface area contributed by atoms with Gasteiger partial charge >= 0.3 is 8.80 Å². The third-order valence-corrected chi connectivity index (χ3v) is 6.25. The topological polar surface area (TPSA) is 68.3 Å². The number of rotatable bonds is 10. The predicted molar refractivity (Wildman–Crippen MR) is 81.8 cm³/mol. The van der Waals surface area contributed by atoms with Crippen LogP contribution in [0.25, 0.3) is 0 Å². The van der Waals surface area contributed by atoms with Crippen LogP contribution in [0.1, 0.15) is 20.3 Å². The summed E-state index contributed by atoms with van der Waals surface area (Å²) in [5.41, 5.74) is 0. The van der Waals surface area contributed by atoms with Gasteiger partial charge in [0.25, 0.3) is 0 Å². The van der Waals surface area contributed by atoms with Crippen molar-refractivity contribution in [2.75, 3.05) is 48.0 Å². The fourth-order valence-corrected chi connectivity index (χ4v) is 3.74. The number of imide groups is 1. The summed E-state index contributed by atoms with van der Waals surface area (Å²) >= 11 is 0. The Morgan fingerprint density at radius 3 is 1.76 bits per heavy atom. The van der Waals surface area contributed by atoms with Gasteiger partial charge in [0.2, 0.25) is 11.8 Å². The Kier molecular flexibility index (Phi) is 9.63. The van der Waals surface area contributed by atoms with Crippen molar-refractivity contribution in [2.24, 2.45) is 0 Å². The maximum atomic E-state index is 11.3. The Bertz CT molecular complexity index is 314. The molecule has 0 N–H and O–H groups in total. The van der Waals surface area contributed by atoms with Crippen LogP contribution in [0.15, 0.2) is 0 Å².